The van der Waals surface area contributed by atoms with Gasteiger partial charge in [0.15, 0.2) is 0 Å². The Morgan fingerprint density at radius 2 is 2.20 bits per heavy atom. The molecule has 1 aliphatic rings. The Kier molecular flexibility index (Phi) is 5.20. The summed E-state index contributed by atoms with van der Waals surface area (Å²) in [6.45, 7) is 2.40. The third kappa shape index (κ3) is 4.35. The summed E-state index contributed by atoms with van der Waals surface area (Å²) in [5.74, 6) is 0.164. The molecule has 1 aromatic rings. The Balaban J connectivity index is 1.78. The second-order valence-corrected chi connectivity index (χ2v) is 5.74. The number of piperidine rings is 1. The smallest absolute Gasteiger partial charge is 0.236 e. The highest BCUT2D eigenvalue weighted by molar-refractivity contribution is 6.29. The van der Waals surface area contributed by atoms with E-state index in [1.807, 2.05) is 12.1 Å². The minimum absolute atomic E-state index is 0.164. The number of hydrogen-bond acceptors (Lipinski definition) is 4. The summed E-state index contributed by atoms with van der Waals surface area (Å²) in [7, 11) is 3.59. The van der Waals surface area contributed by atoms with E-state index >= 15 is 0 Å². The maximum atomic E-state index is 11.7. The SMILES string of the molecule is CN(C)C(=O)CN1CCC(Nc2ccnc(Cl)c2)CC1. The van der Waals surface area contributed by atoms with E-state index in [0.717, 1.165) is 31.6 Å². The summed E-state index contributed by atoms with van der Waals surface area (Å²) in [6.07, 6.45) is 3.76. The van der Waals surface area contributed by atoms with Crippen molar-refractivity contribution in [3.8, 4) is 0 Å². The van der Waals surface area contributed by atoms with E-state index in [1.54, 1.807) is 25.2 Å². The molecule has 1 amide bonds. The van der Waals surface area contributed by atoms with Gasteiger partial charge >= 0.3 is 0 Å². The van der Waals surface area contributed by atoms with E-state index < -0.39 is 0 Å². The molecule has 20 heavy (non-hydrogen) atoms. The molecule has 110 valence electrons. The van der Waals surface area contributed by atoms with E-state index in [0.29, 0.717) is 17.7 Å². The van der Waals surface area contributed by atoms with Gasteiger partial charge < -0.3 is 10.2 Å². The number of nitrogens with zero attached hydrogens (tertiary/aromatic N) is 3. The predicted molar refractivity (Wildman–Crippen MR) is 81.0 cm³/mol. The van der Waals surface area contributed by atoms with Crippen molar-refractivity contribution in [2.45, 2.75) is 18.9 Å². The van der Waals surface area contributed by atoms with Gasteiger partial charge in [-0.2, -0.15) is 0 Å². The highest BCUT2D eigenvalue weighted by Gasteiger charge is 2.21. The van der Waals surface area contributed by atoms with Crippen molar-refractivity contribution >= 4 is 23.2 Å². The Labute approximate surface area is 124 Å². The molecule has 2 rings (SSSR count). The quantitative estimate of drug-likeness (QED) is 0.859. The first-order chi connectivity index (χ1) is 9.54. The van der Waals surface area contributed by atoms with Gasteiger partial charge in [0.1, 0.15) is 5.15 Å². The molecular formula is C14H21ClN4O. The lowest BCUT2D eigenvalue weighted by molar-refractivity contribution is -0.130. The second kappa shape index (κ2) is 6.90. The number of likely N-dealkylation sites (tertiary alicyclic amines) is 1. The molecule has 0 saturated carbocycles. The molecule has 5 nitrogen and oxygen atoms in total. The molecule has 0 aliphatic carbocycles. The Hall–Kier alpha value is -1.33. The van der Waals surface area contributed by atoms with E-state index in [2.05, 4.69) is 15.2 Å². The van der Waals surface area contributed by atoms with Crippen LogP contribution in [-0.2, 0) is 4.79 Å². The summed E-state index contributed by atoms with van der Waals surface area (Å²) in [4.78, 5) is 19.5. The maximum Gasteiger partial charge on any atom is 0.236 e. The van der Waals surface area contributed by atoms with E-state index in [1.165, 1.54) is 0 Å². The van der Waals surface area contributed by atoms with Gasteiger partial charge in [0.05, 0.1) is 6.54 Å². The number of anilines is 1. The van der Waals surface area contributed by atoms with Gasteiger partial charge in [0.25, 0.3) is 0 Å². The van der Waals surface area contributed by atoms with Crippen LogP contribution >= 0.6 is 11.6 Å². The second-order valence-electron chi connectivity index (χ2n) is 5.35. The average molecular weight is 297 g/mol. The summed E-state index contributed by atoms with van der Waals surface area (Å²) >= 11 is 5.87. The minimum atomic E-state index is 0.164. The van der Waals surface area contributed by atoms with E-state index in [-0.39, 0.29) is 5.91 Å². The van der Waals surface area contributed by atoms with Crippen molar-refractivity contribution in [1.82, 2.24) is 14.8 Å². The highest BCUT2D eigenvalue weighted by atomic mass is 35.5. The zero-order valence-corrected chi connectivity index (χ0v) is 12.7. The van der Waals surface area contributed by atoms with Gasteiger partial charge in [-0.15, -0.1) is 0 Å². The molecular weight excluding hydrogens is 276 g/mol. The molecule has 0 spiro atoms. The number of carbonyl (C=O) groups excluding carboxylic acids is 1. The van der Waals surface area contributed by atoms with Crippen LogP contribution in [0.5, 0.6) is 0 Å². The van der Waals surface area contributed by atoms with Crippen LogP contribution in [0.3, 0.4) is 0 Å². The summed E-state index contributed by atoms with van der Waals surface area (Å²) in [5, 5.41) is 3.98. The number of aromatic nitrogens is 1. The first-order valence-corrected chi connectivity index (χ1v) is 7.23. The van der Waals surface area contributed by atoms with Crippen LogP contribution in [0.15, 0.2) is 18.3 Å². The molecule has 1 saturated heterocycles. The largest absolute Gasteiger partial charge is 0.382 e. The fourth-order valence-corrected chi connectivity index (χ4v) is 2.47. The lowest BCUT2D eigenvalue weighted by Gasteiger charge is -2.32. The molecule has 0 radical (unpaired) electrons. The predicted octanol–water partition coefficient (Wildman–Crippen LogP) is 1.70. The molecule has 1 N–H and O–H groups in total. The number of amides is 1. The first kappa shape index (κ1) is 15.1. The van der Waals surface area contributed by atoms with Gasteiger partial charge in [-0.3, -0.25) is 9.69 Å². The Morgan fingerprint density at radius 1 is 1.50 bits per heavy atom. The number of pyridine rings is 1. The number of hydrogen-bond donors (Lipinski definition) is 1. The topological polar surface area (TPSA) is 48.5 Å². The molecule has 0 unspecified atom stereocenters. The summed E-state index contributed by atoms with van der Waals surface area (Å²) in [5.41, 5.74) is 1.01. The van der Waals surface area contributed by atoms with Crippen LogP contribution < -0.4 is 5.32 Å². The van der Waals surface area contributed by atoms with Crippen LogP contribution in [0.4, 0.5) is 5.69 Å². The fourth-order valence-electron chi connectivity index (χ4n) is 2.30. The minimum Gasteiger partial charge on any atom is -0.382 e. The van der Waals surface area contributed by atoms with Crippen LogP contribution in [0, 0.1) is 0 Å². The van der Waals surface area contributed by atoms with Crippen molar-refractivity contribution in [2.24, 2.45) is 0 Å². The molecule has 0 aromatic carbocycles. The molecule has 6 heteroatoms. The molecule has 2 heterocycles. The third-order valence-corrected chi connectivity index (χ3v) is 3.75. The number of rotatable bonds is 4. The van der Waals surface area contributed by atoms with Crippen molar-refractivity contribution in [1.29, 1.82) is 0 Å². The molecule has 0 atom stereocenters. The van der Waals surface area contributed by atoms with Crippen molar-refractivity contribution in [3.05, 3.63) is 23.5 Å². The van der Waals surface area contributed by atoms with E-state index in [9.17, 15) is 4.79 Å². The summed E-state index contributed by atoms with van der Waals surface area (Å²) < 4.78 is 0. The maximum absolute atomic E-state index is 11.7. The van der Waals surface area contributed by atoms with Crippen LogP contribution in [0.2, 0.25) is 5.15 Å². The van der Waals surface area contributed by atoms with Crippen molar-refractivity contribution in [2.75, 3.05) is 39.0 Å². The Morgan fingerprint density at radius 3 is 2.80 bits per heavy atom. The molecule has 0 bridgehead atoms. The summed E-state index contributed by atoms with van der Waals surface area (Å²) in [6, 6.07) is 4.19. The zero-order chi connectivity index (χ0) is 14.5. The average Bonchev–Trinajstić information content (AvgIpc) is 2.41. The number of carbonyl (C=O) groups is 1. The van der Waals surface area contributed by atoms with Gasteiger partial charge in [-0.1, -0.05) is 11.6 Å². The van der Waals surface area contributed by atoms with Crippen molar-refractivity contribution < 1.29 is 4.79 Å². The van der Waals surface area contributed by atoms with Gasteiger partial charge in [-0.05, 0) is 25.0 Å². The number of halogens is 1. The fraction of sp³-hybridized carbons (Fsp3) is 0.571. The van der Waals surface area contributed by atoms with Gasteiger partial charge in [0.2, 0.25) is 5.91 Å². The first-order valence-electron chi connectivity index (χ1n) is 6.85. The molecule has 1 fully saturated rings. The third-order valence-electron chi connectivity index (χ3n) is 3.54. The van der Waals surface area contributed by atoms with Crippen LogP contribution in [0.1, 0.15) is 12.8 Å². The lowest BCUT2D eigenvalue weighted by atomic mass is 10.0. The lowest BCUT2D eigenvalue weighted by Crippen LogP contribution is -2.43. The molecule has 1 aliphatic heterocycles. The number of likely N-dealkylation sites (N-methyl/N-ethyl adjacent to an activating group) is 1. The number of nitrogens with one attached hydrogen (secondary N) is 1. The van der Waals surface area contributed by atoms with E-state index in [4.69, 9.17) is 11.6 Å². The normalized spacial score (nSPS) is 16.9. The van der Waals surface area contributed by atoms with Gasteiger partial charge in [-0.25, -0.2) is 4.98 Å². The monoisotopic (exact) mass is 296 g/mol. The highest BCUT2D eigenvalue weighted by Crippen LogP contribution is 2.18. The zero-order valence-electron chi connectivity index (χ0n) is 12.0. The molecule has 1 aromatic heterocycles. The standard InChI is InChI=1S/C14H21ClN4O/c1-18(2)14(20)10-19-7-4-11(5-8-19)17-12-3-6-16-13(15)9-12/h3,6,9,11H,4-5,7-8,10H2,1-2H3,(H,16,17). The van der Waals surface area contributed by atoms with Crippen LogP contribution in [0.25, 0.3) is 0 Å². The van der Waals surface area contributed by atoms with Gasteiger partial charge in [0, 0.05) is 45.1 Å². The van der Waals surface area contributed by atoms with Crippen molar-refractivity contribution in [3.63, 3.8) is 0 Å². The van der Waals surface area contributed by atoms with Crippen LogP contribution in [-0.4, -0.2) is 60.5 Å². The Bertz CT molecular complexity index is 458.